The van der Waals surface area contributed by atoms with Gasteiger partial charge in [0.2, 0.25) is 0 Å². The number of likely N-dealkylation sites (tertiary alicyclic amines) is 1. The number of pyridine rings is 1. The summed E-state index contributed by atoms with van der Waals surface area (Å²) in [6, 6.07) is 14.8. The molecule has 1 aliphatic heterocycles. The number of nitrogens with zero attached hydrogens (tertiary/aromatic N) is 2. The lowest BCUT2D eigenvalue weighted by atomic mass is 9.71. The molecule has 0 bridgehead atoms. The Morgan fingerprint density at radius 3 is 2.35 bits per heavy atom. The number of anilines is 1. The summed E-state index contributed by atoms with van der Waals surface area (Å²) in [6.07, 6.45) is 1.55. The normalized spacial score (nSPS) is 16.1. The van der Waals surface area contributed by atoms with Crippen molar-refractivity contribution < 1.29 is 18.3 Å². The highest BCUT2D eigenvalue weighted by atomic mass is 32.2. The van der Waals surface area contributed by atoms with E-state index < -0.39 is 15.6 Å². The second kappa shape index (κ2) is 7.32. The number of para-hydroxylation sites is 1. The van der Waals surface area contributed by atoms with Crippen LogP contribution in [0.4, 0.5) is 5.69 Å². The van der Waals surface area contributed by atoms with Crippen molar-refractivity contribution >= 4 is 32.5 Å². The van der Waals surface area contributed by atoms with Gasteiger partial charge in [-0.25, -0.2) is 8.42 Å². The predicted octanol–water partition coefficient (Wildman–Crippen LogP) is 3.27. The van der Waals surface area contributed by atoms with E-state index in [1.54, 1.807) is 59.6 Å². The van der Waals surface area contributed by atoms with Crippen LogP contribution >= 0.6 is 0 Å². The zero-order valence-corrected chi connectivity index (χ0v) is 18.5. The standard InChI is InChI=1S/C23H25N3O4S/c1-22(2,3)23(28)14-26(15-23)21(27)17-9-11-18(12-10-17)25-31(29,30)19-8-4-6-16-7-5-13-24-20(16)19/h4-13,25,28H,14-15H2,1-3H3. The molecule has 0 aliphatic carbocycles. The molecule has 162 valence electrons. The smallest absolute Gasteiger partial charge is 0.264 e. The monoisotopic (exact) mass is 439 g/mol. The topological polar surface area (TPSA) is 99.6 Å². The van der Waals surface area contributed by atoms with Gasteiger partial charge in [0.15, 0.2) is 0 Å². The first-order chi connectivity index (χ1) is 14.5. The molecule has 1 aromatic heterocycles. The lowest BCUT2D eigenvalue weighted by Crippen LogP contribution is -2.69. The first-order valence-corrected chi connectivity index (χ1v) is 11.5. The van der Waals surface area contributed by atoms with Gasteiger partial charge in [-0.05, 0) is 41.8 Å². The van der Waals surface area contributed by atoms with Crippen molar-refractivity contribution in [1.82, 2.24) is 9.88 Å². The Morgan fingerprint density at radius 1 is 1.06 bits per heavy atom. The number of aliphatic hydroxyl groups is 1. The Hall–Kier alpha value is -2.97. The van der Waals surface area contributed by atoms with Gasteiger partial charge in [0, 0.05) is 22.8 Å². The Morgan fingerprint density at radius 2 is 1.71 bits per heavy atom. The van der Waals surface area contributed by atoms with Crippen molar-refractivity contribution in [1.29, 1.82) is 0 Å². The van der Waals surface area contributed by atoms with Crippen molar-refractivity contribution in [2.75, 3.05) is 17.8 Å². The van der Waals surface area contributed by atoms with Crippen molar-refractivity contribution in [3.05, 3.63) is 66.4 Å². The number of carbonyl (C=O) groups excluding carboxylic acids is 1. The molecule has 0 atom stereocenters. The SMILES string of the molecule is CC(C)(C)C1(O)CN(C(=O)c2ccc(NS(=O)(=O)c3cccc4cccnc34)cc2)C1. The Kier molecular flexibility index (Phi) is 5.02. The molecule has 7 nitrogen and oxygen atoms in total. The summed E-state index contributed by atoms with van der Waals surface area (Å²) in [4.78, 5) is 18.6. The lowest BCUT2D eigenvalue weighted by Gasteiger charge is -2.53. The van der Waals surface area contributed by atoms with Gasteiger partial charge < -0.3 is 10.0 Å². The van der Waals surface area contributed by atoms with Crippen molar-refractivity contribution in [2.45, 2.75) is 31.3 Å². The number of nitrogens with one attached hydrogen (secondary N) is 1. The second-order valence-electron chi connectivity index (χ2n) is 8.96. The summed E-state index contributed by atoms with van der Waals surface area (Å²) in [5.41, 5.74) is -0.0361. The Labute approximate surface area is 181 Å². The minimum Gasteiger partial charge on any atom is -0.386 e. The van der Waals surface area contributed by atoms with Gasteiger partial charge in [-0.15, -0.1) is 0 Å². The molecule has 2 aromatic carbocycles. The molecule has 0 unspecified atom stereocenters. The molecule has 0 saturated carbocycles. The number of aromatic nitrogens is 1. The number of hydrogen-bond acceptors (Lipinski definition) is 5. The second-order valence-corrected chi connectivity index (χ2v) is 10.6. The van der Waals surface area contributed by atoms with E-state index in [4.69, 9.17) is 0 Å². The van der Waals surface area contributed by atoms with Gasteiger partial charge in [0.05, 0.1) is 18.6 Å². The molecule has 4 rings (SSSR count). The van der Waals surface area contributed by atoms with Crippen LogP contribution in [0.25, 0.3) is 10.9 Å². The van der Waals surface area contributed by atoms with Gasteiger partial charge in [-0.1, -0.05) is 39.0 Å². The molecule has 2 heterocycles. The van der Waals surface area contributed by atoms with Crippen LogP contribution in [0.5, 0.6) is 0 Å². The third-order valence-electron chi connectivity index (χ3n) is 5.86. The minimum atomic E-state index is -3.86. The van der Waals surface area contributed by atoms with E-state index in [1.165, 1.54) is 6.07 Å². The van der Waals surface area contributed by atoms with Crippen LogP contribution in [0.1, 0.15) is 31.1 Å². The molecule has 0 spiro atoms. The van der Waals surface area contributed by atoms with E-state index in [9.17, 15) is 18.3 Å². The van der Waals surface area contributed by atoms with Crippen LogP contribution in [0.3, 0.4) is 0 Å². The van der Waals surface area contributed by atoms with Crippen LogP contribution < -0.4 is 4.72 Å². The molecule has 31 heavy (non-hydrogen) atoms. The fraction of sp³-hybridized carbons (Fsp3) is 0.304. The summed E-state index contributed by atoms with van der Waals surface area (Å²) in [5.74, 6) is -0.193. The van der Waals surface area contributed by atoms with Crippen LogP contribution in [0, 0.1) is 5.41 Å². The van der Waals surface area contributed by atoms with Gasteiger partial charge in [0.25, 0.3) is 15.9 Å². The highest BCUT2D eigenvalue weighted by molar-refractivity contribution is 7.93. The molecule has 2 N–H and O–H groups in total. The average Bonchev–Trinajstić information content (AvgIpc) is 2.70. The van der Waals surface area contributed by atoms with Crippen molar-refractivity contribution in [3.63, 3.8) is 0 Å². The van der Waals surface area contributed by atoms with Crippen molar-refractivity contribution in [3.8, 4) is 0 Å². The van der Waals surface area contributed by atoms with Crippen LogP contribution in [0.15, 0.2) is 65.7 Å². The Bertz CT molecular complexity index is 1240. The third-order valence-corrected chi connectivity index (χ3v) is 7.27. The molecule has 0 radical (unpaired) electrons. The van der Waals surface area contributed by atoms with Crippen LogP contribution in [0.2, 0.25) is 0 Å². The summed E-state index contributed by atoms with van der Waals surface area (Å²) in [7, 11) is -3.86. The lowest BCUT2D eigenvalue weighted by molar-refractivity contribution is -0.147. The maximum absolute atomic E-state index is 12.9. The summed E-state index contributed by atoms with van der Waals surface area (Å²) in [5, 5.41) is 11.3. The van der Waals surface area contributed by atoms with Crippen LogP contribution in [-0.4, -0.2) is 48.0 Å². The molecular formula is C23H25N3O4S. The maximum Gasteiger partial charge on any atom is 0.264 e. The number of carbonyl (C=O) groups is 1. The molecule has 8 heteroatoms. The van der Waals surface area contributed by atoms with E-state index in [2.05, 4.69) is 9.71 Å². The third kappa shape index (κ3) is 3.88. The molecular weight excluding hydrogens is 414 g/mol. The first kappa shape index (κ1) is 21.3. The maximum atomic E-state index is 12.9. The number of sulfonamides is 1. The minimum absolute atomic E-state index is 0.0906. The highest BCUT2D eigenvalue weighted by Crippen LogP contribution is 2.38. The van der Waals surface area contributed by atoms with E-state index in [1.807, 2.05) is 20.8 Å². The number of fused-ring (bicyclic) bond motifs is 1. The number of hydrogen-bond donors (Lipinski definition) is 2. The van der Waals surface area contributed by atoms with E-state index in [0.717, 1.165) is 5.39 Å². The van der Waals surface area contributed by atoms with E-state index in [0.29, 0.717) is 16.8 Å². The number of rotatable bonds is 4. The largest absolute Gasteiger partial charge is 0.386 e. The van der Waals surface area contributed by atoms with Gasteiger partial charge >= 0.3 is 0 Å². The fourth-order valence-corrected chi connectivity index (χ4v) is 4.81. The summed E-state index contributed by atoms with van der Waals surface area (Å²) >= 11 is 0. The van der Waals surface area contributed by atoms with Crippen molar-refractivity contribution in [2.24, 2.45) is 5.41 Å². The Balaban J connectivity index is 1.49. The highest BCUT2D eigenvalue weighted by Gasteiger charge is 2.51. The fourth-order valence-electron chi connectivity index (χ4n) is 3.57. The van der Waals surface area contributed by atoms with E-state index in [-0.39, 0.29) is 29.3 Å². The number of benzene rings is 2. The van der Waals surface area contributed by atoms with Gasteiger partial charge in [-0.3, -0.25) is 14.5 Å². The zero-order valence-electron chi connectivity index (χ0n) is 17.7. The summed E-state index contributed by atoms with van der Waals surface area (Å²) in [6.45, 7) is 6.39. The molecule has 1 amide bonds. The molecule has 1 saturated heterocycles. The molecule has 1 fully saturated rings. The number of β-amino-alcohol motifs (C(OH)–C–C–N with tert-alkyl or cyclic N) is 1. The molecule has 3 aromatic rings. The first-order valence-electron chi connectivity index (χ1n) is 9.99. The van der Waals surface area contributed by atoms with Crippen LogP contribution in [-0.2, 0) is 10.0 Å². The predicted molar refractivity (Wildman–Crippen MR) is 119 cm³/mol. The molecule has 1 aliphatic rings. The average molecular weight is 440 g/mol. The quantitative estimate of drug-likeness (QED) is 0.650. The zero-order chi connectivity index (χ0) is 22.4. The van der Waals surface area contributed by atoms with Gasteiger partial charge in [-0.2, -0.15) is 0 Å². The number of amides is 1. The van der Waals surface area contributed by atoms with E-state index >= 15 is 0 Å². The van der Waals surface area contributed by atoms with Gasteiger partial charge in [0.1, 0.15) is 10.5 Å². The summed E-state index contributed by atoms with van der Waals surface area (Å²) < 4.78 is 28.4.